The number of aromatic hydroxyl groups is 1. The zero-order valence-corrected chi connectivity index (χ0v) is 17.1. The lowest BCUT2D eigenvalue weighted by atomic mass is 10.0. The van der Waals surface area contributed by atoms with E-state index in [9.17, 15) is 14.1 Å². The SMILES string of the molecule is CCOc1ccc(C(=O)c2cnn(C)c2O)c(OC)c1N=S1(=O)CCCCC1. The third-order valence-electron chi connectivity index (χ3n) is 4.68. The molecular weight excluding hydrogens is 382 g/mol. The van der Waals surface area contributed by atoms with Crippen LogP contribution >= 0.6 is 0 Å². The minimum absolute atomic E-state index is 0.0535. The summed E-state index contributed by atoms with van der Waals surface area (Å²) >= 11 is 0. The molecule has 0 amide bonds. The van der Waals surface area contributed by atoms with E-state index in [4.69, 9.17) is 9.47 Å². The van der Waals surface area contributed by atoms with E-state index in [0.717, 1.165) is 19.3 Å². The largest absolute Gasteiger partial charge is 0.494 e. The predicted molar refractivity (Wildman–Crippen MR) is 106 cm³/mol. The molecule has 2 aromatic rings. The molecule has 1 saturated heterocycles. The molecule has 1 fully saturated rings. The summed E-state index contributed by atoms with van der Waals surface area (Å²) in [5.41, 5.74) is 0.537. The van der Waals surface area contributed by atoms with Crippen molar-refractivity contribution in [2.45, 2.75) is 26.2 Å². The maximum absolute atomic E-state index is 13.2. The lowest BCUT2D eigenvalue weighted by Crippen LogP contribution is -2.16. The zero-order valence-electron chi connectivity index (χ0n) is 16.3. The minimum Gasteiger partial charge on any atom is -0.494 e. The summed E-state index contributed by atoms with van der Waals surface area (Å²) in [6, 6.07) is 3.18. The Hall–Kier alpha value is -2.55. The standard InChI is InChI=1S/C19H25N3O5S/c1-4-27-15-9-8-13(17(23)14-12-20-22(2)19(14)24)18(26-3)16(15)21-28(25)10-6-5-7-11-28/h8-9,12,24H,4-7,10-11H2,1-3H3. The fourth-order valence-corrected chi connectivity index (χ4v) is 5.43. The van der Waals surface area contributed by atoms with Crippen LogP contribution in [0.1, 0.15) is 42.1 Å². The molecule has 152 valence electrons. The van der Waals surface area contributed by atoms with Crippen molar-refractivity contribution in [2.75, 3.05) is 25.2 Å². The Kier molecular flexibility index (Phi) is 5.93. The molecule has 0 unspecified atom stereocenters. The van der Waals surface area contributed by atoms with Crippen molar-refractivity contribution in [1.82, 2.24) is 9.78 Å². The molecule has 0 atom stereocenters. The van der Waals surface area contributed by atoms with Crippen LogP contribution in [-0.4, -0.2) is 50.1 Å². The highest BCUT2D eigenvalue weighted by Gasteiger charge is 2.26. The summed E-state index contributed by atoms with van der Waals surface area (Å²) in [7, 11) is 0.526. The van der Waals surface area contributed by atoms with Gasteiger partial charge in [-0.05, 0) is 31.9 Å². The molecule has 3 rings (SSSR count). The van der Waals surface area contributed by atoms with Crippen molar-refractivity contribution in [2.24, 2.45) is 11.4 Å². The van der Waals surface area contributed by atoms with Gasteiger partial charge in [0.15, 0.2) is 11.4 Å². The molecule has 0 saturated carbocycles. The van der Waals surface area contributed by atoms with Gasteiger partial charge in [-0.2, -0.15) is 9.46 Å². The second-order valence-electron chi connectivity index (χ2n) is 6.59. The number of benzene rings is 1. The molecule has 28 heavy (non-hydrogen) atoms. The summed E-state index contributed by atoms with van der Waals surface area (Å²) < 4.78 is 30.1. The predicted octanol–water partition coefficient (Wildman–Crippen LogP) is 3.05. The smallest absolute Gasteiger partial charge is 0.220 e. The van der Waals surface area contributed by atoms with Crippen LogP contribution in [0.15, 0.2) is 22.7 Å². The second-order valence-corrected chi connectivity index (χ2v) is 9.14. The van der Waals surface area contributed by atoms with E-state index in [1.807, 2.05) is 6.92 Å². The highest BCUT2D eigenvalue weighted by atomic mass is 32.2. The summed E-state index contributed by atoms with van der Waals surface area (Å²) in [4.78, 5) is 13.0. The number of hydrogen-bond acceptors (Lipinski definition) is 7. The van der Waals surface area contributed by atoms with Crippen LogP contribution in [0, 0.1) is 0 Å². The topological polar surface area (TPSA) is 103 Å². The molecule has 1 aromatic heterocycles. The van der Waals surface area contributed by atoms with E-state index < -0.39 is 15.5 Å². The second kappa shape index (κ2) is 8.22. The van der Waals surface area contributed by atoms with Crippen LogP contribution < -0.4 is 9.47 Å². The number of hydrogen-bond donors (Lipinski definition) is 1. The van der Waals surface area contributed by atoms with Gasteiger partial charge in [-0.3, -0.25) is 4.79 Å². The average Bonchev–Trinajstić information content (AvgIpc) is 3.01. The van der Waals surface area contributed by atoms with E-state index in [0.29, 0.717) is 23.9 Å². The Labute approximate surface area is 164 Å². The molecular formula is C19H25N3O5S. The highest BCUT2D eigenvalue weighted by Crippen LogP contribution is 2.43. The highest BCUT2D eigenvalue weighted by molar-refractivity contribution is 7.93. The summed E-state index contributed by atoms with van der Waals surface area (Å²) in [5, 5.41) is 14.0. The van der Waals surface area contributed by atoms with Crippen LogP contribution in [-0.2, 0) is 16.8 Å². The zero-order chi connectivity index (χ0) is 20.3. The first-order chi connectivity index (χ1) is 13.4. The molecule has 9 heteroatoms. The molecule has 1 N–H and O–H groups in total. The molecule has 1 aromatic carbocycles. The van der Waals surface area contributed by atoms with E-state index in [2.05, 4.69) is 9.46 Å². The Morgan fingerprint density at radius 2 is 2.00 bits per heavy atom. The van der Waals surface area contributed by atoms with Gasteiger partial charge in [0.1, 0.15) is 11.3 Å². The lowest BCUT2D eigenvalue weighted by Gasteiger charge is -2.18. The minimum atomic E-state index is -2.44. The van der Waals surface area contributed by atoms with Gasteiger partial charge in [-0.15, -0.1) is 0 Å². The molecule has 1 aliphatic rings. The number of aryl methyl sites for hydroxylation is 1. The number of carbonyl (C=O) groups is 1. The molecule has 1 aliphatic heterocycles. The van der Waals surface area contributed by atoms with Crippen molar-refractivity contribution >= 4 is 21.2 Å². The molecule has 0 spiro atoms. The van der Waals surface area contributed by atoms with E-state index in [-0.39, 0.29) is 28.4 Å². The van der Waals surface area contributed by atoms with E-state index in [1.165, 1.54) is 25.0 Å². The summed E-state index contributed by atoms with van der Waals surface area (Å²) in [5.74, 6) is 0.942. The lowest BCUT2D eigenvalue weighted by molar-refractivity contribution is 0.103. The summed E-state index contributed by atoms with van der Waals surface area (Å²) in [6.45, 7) is 2.23. The van der Waals surface area contributed by atoms with Crippen LogP contribution in [0.3, 0.4) is 0 Å². The molecule has 0 radical (unpaired) electrons. The number of aromatic nitrogens is 2. The normalized spacial score (nSPS) is 15.8. The van der Waals surface area contributed by atoms with Crippen molar-refractivity contribution in [3.63, 3.8) is 0 Å². The molecule has 8 nitrogen and oxygen atoms in total. The monoisotopic (exact) mass is 407 g/mol. The van der Waals surface area contributed by atoms with Crippen LogP contribution in [0.25, 0.3) is 0 Å². The first kappa shape index (κ1) is 20.2. The van der Waals surface area contributed by atoms with Crippen molar-refractivity contribution in [3.8, 4) is 17.4 Å². The van der Waals surface area contributed by atoms with Gasteiger partial charge in [0.25, 0.3) is 0 Å². The first-order valence-electron chi connectivity index (χ1n) is 9.22. The first-order valence-corrected chi connectivity index (χ1v) is 11.1. The number of ether oxygens (including phenoxy) is 2. The van der Waals surface area contributed by atoms with Gasteiger partial charge in [0.05, 0.1) is 35.2 Å². The Balaban J connectivity index is 2.18. The average molecular weight is 407 g/mol. The number of rotatable bonds is 6. The number of methoxy groups -OCH3 is 1. The number of ketones is 1. The van der Waals surface area contributed by atoms with Crippen molar-refractivity contribution in [3.05, 3.63) is 29.5 Å². The van der Waals surface area contributed by atoms with E-state index in [1.54, 1.807) is 12.1 Å². The van der Waals surface area contributed by atoms with Gasteiger partial charge in [0, 0.05) is 18.6 Å². The Morgan fingerprint density at radius 1 is 1.29 bits per heavy atom. The fraction of sp³-hybridized carbons (Fsp3) is 0.474. The molecule has 0 aliphatic carbocycles. The van der Waals surface area contributed by atoms with Crippen LogP contribution in [0.2, 0.25) is 0 Å². The van der Waals surface area contributed by atoms with Gasteiger partial charge >= 0.3 is 0 Å². The third kappa shape index (κ3) is 3.84. The van der Waals surface area contributed by atoms with Gasteiger partial charge in [-0.1, -0.05) is 6.42 Å². The number of nitrogens with zero attached hydrogens (tertiary/aromatic N) is 3. The molecule has 2 heterocycles. The van der Waals surface area contributed by atoms with Crippen molar-refractivity contribution < 1.29 is 23.6 Å². The quantitative estimate of drug-likeness (QED) is 0.738. The molecule has 0 bridgehead atoms. The maximum Gasteiger partial charge on any atom is 0.220 e. The van der Waals surface area contributed by atoms with Crippen molar-refractivity contribution in [1.29, 1.82) is 0 Å². The third-order valence-corrected chi connectivity index (χ3v) is 7.05. The Bertz CT molecular complexity index is 993. The Morgan fingerprint density at radius 3 is 2.57 bits per heavy atom. The van der Waals surface area contributed by atoms with Gasteiger partial charge in [0.2, 0.25) is 11.7 Å². The van der Waals surface area contributed by atoms with Gasteiger partial charge in [-0.25, -0.2) is 8.89 Å². The van der Waals surface area contributed by atoms with Crippen LogP contribution in [0.4, 0.5) is 5.69 Å². The summed E-state index contributed by atoms with van der Waals surface area (Å²) in [6.07, 6.45) is 4.06. The number of carbonyl (C=O) groups excluding carboxylic acids is 1. The van der Waals surface area contributed by atoms with Crippen LogP contribution in [0.5, 0.6) is 17.4 Å². The fourth-order valence-electron chi connectivity index (χ4n) is 3.22. The van der Waals surface area contributed by atoms with Gasteiger partial charge < -0.3 is 14.6 Å². The van der Waals surface area contributed by atoms with E-state index >= 15 is 0 Å². The maximum atomic E-state index is 13.2.